The molecule has 2 N–H and O–H groups in total. The van der Waals surface area contributed by atoms with E-state index in [4.69, 9.17) is 15.2 Å². The van der Waals surface area contributed by atoms with Crippen LogP contribution in [-0.4, -0.2) is 43.7 Å². The minimum absolute atomic E-state index is 0.368. The molecular weight excluding hydrogens is 268 g/mol. The number of likely N-dealkylation sites (tertiary alicyclic amines) is 1. The fourth-order valence-corrected chi connectivity index (χ4v) is 2.56. The molecule has 1 fully saturated rings. The van der Waals surface area contributed by atoms with Crippen molar-refractivity contribution in [3.8, 4) is 5.75 Å². The van der Waals surface area contributed by atoms with Crippen LogP contribution in [0.15, 0.2) is 18.2 Å². The average Bonchev–Trinajstić information content (AvgIpc) is 2.99. The quantitative estimate of drug-likeness (QED) is 0.474. The van der Waals surface area contributed by atoms with Crippen LogP contribution in [0.3, 0.4) is 0 Å². The van der Waals surface area contributed by atoms with E-state index in [2.05, 4.69) is 4.90 Å². The predicted molar refractivity (Wildman–Crippen MR) is 82.6 cm³/mol. The van der Waals surface area contributed by atoms with Crippen LogP contribution in [0.5, 0.6) is 5.75 Å². The van der Waals surface area contributed by atoms with Crippen molar-refractivity contribution in [1.82, 2.24) is 4.90 Å². The maximum absolute atomic E-state index is 12.1. The van der Waals surface area contributed by atoms with Gasteiger partial charge >= 0.3 is 5.97 Å². The summed E-state index contributed by atoms with van der Waals surface area (Å²) in [5.41, 5.74) is 6.71. The number of rotatable bonds is 7. The van der Waals surface area contributed by atoms with Crippen LogP contribution in [0.25, 0.3) is 0 Å². The van der Waals surface area contributed by atoms with Gasteiger partial charge in [0.05, 0.1) is 18.9 Å². The van der Waals surface area contributed by atoms with Crippen molar-refractivity contribution in [2.45, 2.75) is 26.2 Å². The molecule has 0 aliphatic carbocycles. The van der Waals surface area contributed by atoms with E-state index in [1.165, 1.54) is 12.8 Å². The summed E-state index contributed by atoms with van der Waals surface area (Å²) in [6.45, 7) is 6.06. The summed E-state index contributed by atoms with van der Waals surface area (Å²) < 4.78 is 10.8. The number of hydrogen-bond acceptors (Lipinski definition) is 5. The molecule has 2 rings (SSSR count). The fraction of sp³-hybridized carbons (Fsp3) is 0.562. The number of anilines is 1. The molecule has 1 aliphatic rings. The second kappa shape index (κ2) is 7.88. The fourth-order valence-electron chi connectivity index (χ4n) is 2.56. The molecule has 0 saturated carbocycles. The Hall–Kier alpha value is -1.75. The number of benzene rings is 1. The Labute approximate surface area is 126 Å². The molecule has 1 aromatic rings. The minimum Gasteiger partial charge on any atom is -0.491 e. The lowest BCUT2D eigenvalue weighted by Crippen LogP contribution is -2.22. The topological polar surface area (TPSA) is 64.8 Å². The van der Waals surface area contributed by atoms with Gasteiger partial charge in [0.2, 0.25) is 0 Å². The number of nitrogens with zero attached hydrogens (tertiary/aromatic N) is 1. The summed E-state index contributed by atoms with van der Waals surface area (Å²) in [5, 5.41) is 0. The zero-order chi connectivity index (χ0) is 15.1. The zero-order valence-corrected chi connectivity index (χ0v) is 12.6. The normalized spacial score (nSPS) is 15.1. The summed E-state index contributed by atoms with van der Waals surface area (Å²) in [6.07, 6.45) is 3.42. The summed E-state index contributed by atoms with van der Waals surface area (Å²) in [7, 11) is 0. The Bertz CT molecular complexity index is 471. The van der Waals surface area contributed by atoms with Crippen molar-refractivity contribution >= 4 is 11.7 Å². The van der Waals surface area contributed by atoms with E-state index in [1.54, 1.807) is 18.2 Å². The molecule has 21 heavy (non-hydrogen) atoms. The lowest BCUT2D eigenvalue weighted by molar-refractivity contribution is 0.0486. The van der Waals surface area contributed by atoms with Crippen molar-refractivity contribution in [2.75, 3.05) is 38.6 Å². The minimum atomic E-state index is -0.368. The van der Waals surface area contributed by atoms with Crippen LogP contribution in [0.1, 0.15) is 36.5 Å². The standard InChI is InChI=1S/C16H24N2O3/c1-2-20-15-13(7-5-8-14(15)17)16(19)21-12-6-11-18-9-3-4-10-18/h5,7-8H,2-4,6,9-12,17H2,1H3. The van der Waals surface area contributed by atoms with E-state index in [-0.39, 0.29) is 5.97 Å². The molecule has 0 amide bonds. The second-order valence-corrected chi connectivity index (χ2v) is 5.20. The molecule has 116 valence electrons. The van der Waals surface area contributed by atoms with Crippen LogP contribution in [0, 0.1) is 0 Å². The third-order valence-corrected chi connectivity index (χ3v) is 3.60. The van der Waals surface area contributed by atoms with Crippen molar-refractivity contribution in [3.05, 3.63) is 23.8 Å². The molecule has 1 saturated heterocycles. The summed E-state index contributed by atoms with van der Waals surface area (Å²) in [4.78, 5) is 14.5. The second-order valence-electron chi connectivity index (χ2n) is 5.20. The van der Waals surface area contributed by atoms with Crippen LogP contribution in [0.2, 0.25) is 0 Å². The van der Waals surface area contributed by atoms with E-state index in [0.717, 1.165) is 26.1 Å². The van der Waals surface area contributed by atoms with E-state index in [0.29, 0.717) is 30.2 Å². The van der Waals surface area contributed by atoms with E-state index >= 15 is 0 Å². The van der Waals surface area contributed by atoms with Gasteiger partial charge in [0, 0.05) is 6.54 Å². The van der Waals surface area contributed by atoms with Gasteiger partial charge in [-0.25, -0.2) is 4.79 Å². The molecule has 0 atom stereocenters. The van der Waals surface area contributed by atoms with Gasteiger partial charge in [0.1, 0.15) is 5.56 Å². The molecule has 0 spiro atoms. The average molecular weight is 292 g/mol. The van der Waals surface area contributed by atoms with Gasteiger partial charge in [-0.2, -0.15) is 0 Å². The number of carbonyl (C=O) groups is 1. The maximum atomic E-state index is 12.1. The third-order valence-electron chi connectivity index (χ3n) is 3.60. The molecule has 1 aliphatic heterocycles. The highest BCUT2D eigenvalue weighted by Crippen LogP contribution is 2.27. The summed E-state index contributed by atoms with van der Waals surface area (Å²) in [5.74, 6) is 0.0525. The smallest absolute Gasteiger partial charge is 0.342 e. The highest BCUT2D eigenvalue weighted by atomic mass is 16.5. The highest BCUT2D eigenvalue weighted by Gasteiger charge is 2.16. The number of ether oxygens (including phenoxy) is 2. The molecule has 1 aromatic carbocycles. The van der Waals surface area contributed by atoms with Gasteiger partial charge < -0.3 is 20.1 Å². The van der Waals surface area contributed by atoms with Gasteiger partial charge in [0.15, 0.2) is 5.75 Å². The van der Waals surface area contributed by atoms with Gasteiger partial charge in [0.25, 0.3) is 0 Å². The van der Waals surface area contributed by atoms with E-state index in [9.17, 15) is 4.79 Å². The van der Waals surface area contributed by atoms with Gasteiger partial charge in [-0.3, -0.25) is 0 Å². The number of carbonyl (C=O) groups excluding carboxylic acids is 1. The third kappa shape index (κ3) is 4.36. The number of nitrogen functional groups attached to an aromatic ring is 1. The number of nitrogens with two attached hydrogens (primary N) is 1. The van der Waals surface area contributed by atoms with Crippen molar-refractivity contribution < 1.29 is 14.3 Å². The predicted octanol–water partition coefficient (Wildman–Crippen LogP) is 2.31. The SMILES string of the molecule is CCOc1c(N)cccc1C(=O)OCCCN1CCCC1. The Balaban J connectivity index is 1.83. The summed E-state index contributed by atoms with van der Waals surface area (Å²) >= 11 is 0. The first-order valence-corrected chi connectivity index (χ1v) is 7.63. The van der Waals surface area contributed by atoms with Crippen LogP contribution >= 0.6 is 0 Å². The Morgan fingerprint density at radius 2 is 2.10 bits per heavy atom. The van der Waals surface area contributed by atoms with Crippen LogP contribution in [-0.2, 0) is 4.74 Å². The van der Waals surface area contributed by atoms with E-state index < -0.39 is 0 Å². The Morgan fingerprint density at radius 1 is 1.33 bits per heavy atom. The molecule has 0 bridgehead atoms. The van der Waals surface area contributed by atoms with Gasteiger partial charge in [-0.1, -0.05) is 6.07 Å². The van der Waals surface area contributed by atoms with Gasteiger partial charge in [-0.15, -0.1) is 0 Å². The molecule has 5 heteroatoms. The highest BCUT2D eigenvalue weighted by molar-refractivity contribution is 5.94. The molecule has 0 unspecified atom stereocenters. The maximum Gasteiger partial charge on any atom is 0.342 e. The zero-order valence-electron chi connectivity index (χ0n) is 12.6. The first-order valence-electron chi connectivity index (χ1n) is 7.63. The van der Waals surface area contributed by atoms with Crippen LogP contribution < -0.4 is 10.5 Å². The monoisotopic (exact) mass is 292 g/mol. The Morgan fingerprint density at radius 3 is 2.81 bits per heavy atom. The van der Waals surface area contributed by atoms with Crippen LogP contribution in [0.4, 0.5) is 5.69 Å². The van der Waals surface area contributed by atoms with Gasteiger partial charge in [-0.05, 0) is 51.4 Å². The molecule has 1 heterocycles. The first-order chi connectivity index (χ1) is 10.2. The molecule has 5 nitrogen and oxygen atoms in total. The van der Waals surface area contributed by atoms with Crippen molar-refractivity contribution in [2.24, 2.45) is 0 Å². The van der Waals surface area contributed by atoms with Crippen molar-refractivity contribution in [3.63, 3.8) is 0 Å². The largest absolute Gasteiger partial charge is 0.491 e. The number of hydrogen-bond donors (Lipinski definition) is 1. The molecule has 0 aromatic heterocycles. The molecule has 0 radical (unpaired) electrons. The summed E-state index contributed by atoms with van der Waals surface area (Å²) in [6, 6.07) is 5.14. The van der Waals surface area contributed by atoms with E-state index in [1.807, 2.05) is 6.92 Å². The number of para-hydroxylation sites is 1. The Kier molecular flexibility index (Phi) is 5.87. The lowest BCUT2D eigenvalue weighted by Gasteiger charge is -2.15. The first kappa shape index (κ1) is 15.6. The lowest BCUT2D eigenvalue weighted by atomic mass is 10.1. The van der Waals surface area contributed by atoms with Crippen molar-refractivity contribution in [1.29, 1.82) is 0 Å². The number of esters is 1. The molecular formula is C16H24N2O3.